The molecule has 0 atom stereocenters. The second kappa shape index (κ2) is 7.81. The molecule has 1 aromatic carbocycles. The van der Waals surface area contributed by atoms with Gasteiger partial charge in [0.1, 0.15) is 6.10 Å². The largest absolute Gasteiger partial charge is 0.474 e. The number of hydrogen-bond donors (Lipinski definition) is 1. The fraction of sp³-hybridized carbons (Fsp3) is 0.400. The standard InChI is InChI=1S/C20H19F3N2O4/c21-20(22,23)13-2-8-18(24-10-13)29-15-5-3-14(4-6-15)25-19(26)12-1-7-16-17(9-12)28-11-27-16/h1-2,7-10,14-15H,3-6,11H2,(H,25,26). The van der Waals surface area contributed by atoms with Crippen LogP contribution in [0.1, 0.15) is 41.6 Å². The lowest BCUT2D eigenvalue weighted by Crippen LogP contribution is -2.39. The molecule has 1 amide bonds. The van der Waals surface area contributed by atoms with Crippen molar-refractivity contribution in [2.45, 2.75) is 44.0 Å². The molecule has 0 spiro atoms. The second-order valence-corrected chi connectivity index (χ2v) is 7.02. The van der Waals surface area contributed by atoms with Crippen molar-refractivity contribution in [2.24, 2.45) is 0 Å². The van der Waals surface area contributed by atoms with E-state index in [-0.39, 0.29) is 30.7 Å². The monoisotopic (exact) mass is 408 g/mol. The lowest BCUT2D eigenvalue weighted by Gasteiger charge is -2.29. The zero-order valence-corrected chi connectivity index (χ0v) is 15.4. The lowest BCUT2D eigenvalue weighted by molar-refractivity contribution is -0.137. The summed E-state index contributed by atoms with van der Waals surface area (Å²) in [5.41, 5.74) is -0.304. The number of nitrogens with one attached hydrogen (secondary N) is 1. The number of carbonyl (C=O) groups is 1. The molecule has 0 radical (unpaired) electrons. The summed E-state index contributed by atoms with van der Waals surface area (Å²) in [6, 6.07) is 7.25. The zero-order valence-electron chi connectivity index (χ0n) is 15.4. The van der Waals surface area contributed by atoms with E-state index in [2.05, 4.69) is 10.3 Å². The van der Waals surface area contributed by atoms with Crippen molar-refractivity contribution >= 4 is 5.91 Å². The Hall–Kier alpha value is -2.97. The molecule has 2 heterocycles. The number of aromatic nitrogens is 1. The van der Waals surface area contributed by atoms with Crippen LogP contribution in [0.3, 0.4) is 0 Å². The van der Waals surface area contributed by atoms with Crippen LogP contribution in [0.15, 0.2) is 36.5 Å². The first-order chi connectivity index (χ1) is 13.9. The van der Waals surface area contributed by atoms with E-state index < -0.39 is 11.7 Å². The average Bonchev–Trinajstić information content (AvgIpc) is 3.17. The smallest absolute Gasteiger partial charge is 0.417 e. The van der Waals surface area contributed by atoms with Gasteiger partial charge in [0.05, 0.1) is 5.56 Å². The van der Waals surface area contributed by atoms with Gasteiger partial charge in [-0.15, -0.1) is 0 Å². The van der Waals surface area contributed by atoms with Crippen molar-refractivity contribution < 1.29 is 32.2 Å². The number of fused-ring (bicyclic) bond motifs is 1. The van der Waals surface area contributed by atoms with Crippen molar-refractivity contribution in [3.05, 3.63) is 47.7 Å². The maximum Gasteiger partial charge on any atom is 0.417 e. The summed E-state index contributed by atoms with van der Waals surface area (Å²) in [4.78, 5) is 16.2. The van der Waals surface area contributed by atoms with Crippen LogP contribution < -0.4 is 19.5 Å². The summed E-state index contributed by atoms with van der Waals surface area (Å²) in [6.45, 7) is 0.151. The Morgan fingerprint density at radius 2 is 1.83 bits per heavy atom. The number of hydrogen-bond acceptors (Lipinski definition) is 5. The Labute approximate surface area is 165 Å². The highest BCUT2D eigenvalue weighted by Gasteiger charge is 2.31. The van der Waals surface area contributed by atoms with E-state index in [0.29, 0.717) is 42.7 Å². The van der Waals surface area contributed by atoms with E-state index in [0.717, 1.165) is 12.3 Å². The van der Waals surface area contributed by atoms with Gasteiger partial charge in [-0.3, -0.25) is 4.79 Å². The van der Waals surface area contributed by atoms with Crippen molar-refractivity contribution in [3.8, 4) is 17.4 Å². The second-order valence-electron chi connectivity index (χ2n) is 7.02. The molecule has 154 valence electrons. The molecule has 1 aliphatic carbocycles. The molecule has 0 bridgehead atoms. The predicted molar refractivity (Wildman–Crippen MR) is 95.9 cm³/mol. The summed E-state index contributed by atoms with van der Waals surface area (Å²) in [7, 11) is 0. The highest BCUT2D eigenvalue weighted by Crippen LogP contribution is 2.33. The van der Waals surface area contributed by atoms with Gasteiger partial charge in [0.2, 0.25) is 12.7 Å². The normalized spacial score (nSPS) is 20.9. The molecule has 1 aliphatic heterocycles. The maximum absolute atomic E-state index is 12.6. The highest BCUT2D eigenvalue weighted by molar-refractivity contribution is 5.95. The van der Waals surface area contributed by atoms with E-state index in [9.17, 15) is 18.0 Å². The number of alkyl halides is 3. The Morgan fingerprint density at radius 3 is 2.52 bits per heavy atom. The molecule has 4 rings (SSSR count). The van der Waals surface area contributed by atoms with Crippen molar-refractivity contribution in [1.29, 1.82) is 0 Å². The van der Waals surface area contributed by atoms with Crippen LogP contribution in [-0.4, -0.2) is 29.8 Å². The molecule has 2 aliphatic rings. The van der Waals surface area contributed by atoms with Gasteiger partial charge >= 0.3 is 6.18 Å². The molecule has 2 aromatic rings. The maximum atomic E-state index is 12.6. The number of carbonyl (C=O) groups excluding carboxylic acids is 1. The fourth-order valence-corrected chi connectivity index (χ4v) is 3.42. The van der Waals surface area contributed by atoms with Crippen LogP contribution >= 0.6 is 0 Å². The van der Waals surface area contributed by atoms with Crippen LogP contribution in [0, 0.1) is 0 Å². The van der Waals surface area contributed by atoms with Crippen LogP contribution in [0.2, 0.25) is 0 Å². The topological polar surface area (TPSA) is 69.7 Å². The summed E-state index contributed by atoms with van der Waals surface area (Å²) in [5, 5.41) is 3.00. The SMILES string of the molecule is O=C(NC1CCC(Oc2ccc(C(F)(F)F)cn2)CC1)c1ccc2c(c1)OCO2. The minimum atomic E-state index is -4.42. The number of amides is 1. The van der Waals surface area contributed by atoms with Crippen molar-refractivity contribution in [2.75, 3.05) is 6.79 Å². The van der Waals surface area contributed by atoms with Gasteiger partial charge in [0.15, 0.2) is 11.5 Å². The molecule has 1 N–H and O–H groups in total. The highest BCUT2D eigenvalue weighted by atomic mass is 19.4. The molecule has 0 unspecified atom stereocenters. The van der Waals surface area contributed by atoms with Crippen LogP contribution in [0.4, 0.5) is 13.2 Å². The van der Waals surface area contributed by atoms with E-state index in [1.165, 1.54) is 6.07 Å². The summed E-state index contributed by atoms with van der Waals surface area (Å²) < 4.78 is 54.0. The quantitative estimate of drug-likeness (QED) is 0.830. The number of nitrogens with zero attached hydrogens (tertiary/aromatic N) is 1. The van der Waals surface area contributed by atoms with Gasteiger partial charge in [-0.2, -0.15) is 13.2 Å². The molecule has 1 aromatic heterocycles. The van der Waals surface area contributed by atoms with Gasteiger partial charge in [-0.1, -0.05) is 0 Å². The minimum Gasteiger partial charge on any atom is -0.474 e. The zero-order chi connectivity index (χ0) is 20.4. The van der Waals surface area contributed by atoms with E-state index >= 15 is 0 Å². The molecule has 1 saturated carbocycles. The van der Waals surface area contributed by atoms with Gasteiger partial charge in [-0.25, -0.2) is 4.98 Å². The van der Waals surface area contributed by atoms with E-state index in [1.807, 2.05) is 0 Å². The van der Waals surface area contributed by atoms with Crippen molar-refractivity contribution in [1.82, 2.24) is 10.3 Å². The first-order valence-corrected chi connectivity index (χ1v) is 9.29. The summed E-state index contributed by atoms with van der Waals surface area (Å²) in [5.74, 6) is 1.16. The van der Waals surface area contributed by atoms with Gasteiger partial charge in [0.25, 0.3) is 5.91 Å². The third-order valence-corrected chi connectivity index (χ3v) is 5.00. The van der Waals surface area contributed by atoms with Crippen LogP contribution in [-0.2, 0) is 6.18 Å². The molecular weight excluding hydrogens is 389 g/mol. The summed E-state index contributed by atoms with van der Waals surface area (Å²) in [6.07, 6.45) is -1.02. The van der Waals surface area contributed by atoms with Gasteiger partial charge in [0, 0.05) is 23.9 Å². The minimum absolute atomic E-state index is 0.00772. The first-order valence-electron chi connectivity index (χ1n) is 9.29. The fourth-order valence-electron chi connectivity index (χ4n) is 3.42. The van der Waals surface area contributed by atoms with Crippen LogP contribution in [0.5, 0.6) is 17.4 Å². The molecule has 9 heteroatoms. The number of pyridine rings is 1. The summed E-state index contributed by atoms with van der Waals surface area (Å²) >= 11 is 0. The Balaban J connectivity index is 1.26. The van der Waals surface area contributed by atoms with Crippen molar-refractivity contribution in [3.63, 3.8) is 0 Å². The third kappa shape index (κ3) is 4.55. The average molecular weight is 408 g/mol. The molecular formula is C20H19F3N2O4. The van der Waals surface area contributed by atoms with Crippen LogP contribution in [0.25, 0.3) is 0 Å². The number of benzene rings is 1. The third-order valence-electron chi connectivity index (χ3n) is 5.00. The lowest BCUT2D eigenvalue weighted by atomic mass is 9.92. The molecule has 6 nitrogen and oxygen atoms in total. The Kier molecular flexibility index (Phi) is 5.21. The van der Waals surface area contributed by atoms with E-state index in [1.54, 1.807) is 18.2 Å². The predicted octanol–water partition coefficient (Wildman–Crippen LogP) is 3.95. The Morgan fingerprint density at radius 1 is 1.07 bits per heavy atom. The van der Waals surface area contributed by atoms with E-state index in [4.69, 9.17) is 14.2 Å². The number of ether oxygens (including phenoxy) is 3. The molecule has 29 heavy (non-hydrogen) atoms. The van der Waals surface area contributed by atoms with Gasteiger partial charge < -0.3 is 19.5 Å². The Bertz CT molecular complexity index is 878. The number of halogens is 3. The van der Waals surface area contributed by atoms with Gasteiger partial charge in [-0.05, 0) is 49.9 Å². The number of rotatable bonds is 4. The molecule has 1 fully saturated rings. The molecule has 0 saturated heterocycles. The first kappa shape index (κ1) is 19.4.